The van der Waals surface area contributed by atoms with Gasteiger partial charge in [0.25, 0.3) is 11.5 Å². The summed E-state index contributed by atoms with van der Waals surface area (Å²) in [5, 5.41) is 0. The molecule has 196 valence electrons. The fraction of sp³-hybridized carbons (Fsp3) is 0.333. The molecule has 1 atom stereocenters. The number of carbonyl (C=O) groups is 1. The zero-order chi connectivity index (χ0) is 26.2. The van der Waals surface area contributed by atoms with Crippen molar-refractivity contribution < 1.29 is 13.9 Å². The highest BCUT2D eigenvalue weighted by molar-refractivity contribution is 8.26. The first kappa shape index (κ1) is 25.0. The van der Waals surface area contributed by atoms with Crippen molar-refractivity contribution in [3.63, 3.8) is 0 Å². The summed E-state index contributed by atoms with van der Waals surface area (Å²) in [6, 6.07) is 11.9. The molecule has 3 fully saturated rings. The predicted octanol–water partition coefficient (Wildman–Crippen LogP) is 3.54. The SMILES string of the molecule is O=C1/C(=C/c2c(N3CCN(c4ccc(F)cc4)CC3)nc3ccccn3c2=O)SC(=S)N1CC1CCCO1. The van der Waals surface area contributed by atoms with E-state index in [1.807, 2.05) is 6.07 Å². The predicted molar refractivity (Wildman–Crippen MR) is 151 cm³/mol. The molecule has 3 aliphatic rings. The van der Waals surface area contributed by atoms with Crippen molar-refractivity contribution in [2.24, 2.45) is 0 Å². The van der Waals surface area contributed by atoms with Gasteiger partial charge in [0.2, 0.25) is 0 Å². The van der Waals surface area contributed by atoms with Crippen molar-refractivity contribution in [1.29, 1.82) is 0 Å². The van der Waals surface area contributed by atoms with Crippen LogP contribution in [-0.2, 0) is 9.53 Å². The first-order valence-corrected chi connectivity index (χ1v) is 13.8. The number of carbonyl (C=O) groups excluding carboxylic acids is 1. The maximum Gasteiger partial charge on any atom is 0.267 e. The highest BCUT2D eigenvalue weighted by Crippen LogP contribution is 2.34. The Morgan fingerprint density at radius 2 is 1.84 bits per heavy atom. The lowest BCUT2D eigenvalue weighted by molar-refractivity contribution is -0.123. The van der Waals surface area contributed by atoms with Gasteiger partial charge in [-0.15, -0.1) is 0 Å². The van der Waals surface area contributed by atoms with E-state index < -0.39 is 0 Å². The molecular formula is C27H26FN5O3S2. The van der Waals surface area contributed by atoms with Crippen LogP contribution in [0.4, 0.5) is 15.9 Å². The molecule has 1 amide bonds. The van der Waals surface area contributed by atoms with Crippen molar-refractivity contribution in [3.05, 3.63) is 75.3 Å². The minimum absolute atomic E-state index is 0.0159. The number of piperazine rings is 1. The van der Waals surface area contributed by atoms with Crippen LogP contribution in [0, 0.1) is 5.82 Å². The molecule has 3 saturated heterocycles. The van der Waals surface area contributed by atoms with E-state index in [0.717, 1.165) is 18.5 Å². The fourth-order valence-corrected chi connectivity index (χ4v) is 6.32. The van der Waals surface area contributed by atoms with E-state index in [1.54, 1.807) is 41.4 Å². The summed E-state index contributed by atoms with van der Waals surface area (Å²) in [6.07, 6.45) is 5.19. The normalized spacial score (nSPS) is 21.3. The van der Waals surface area contributed by atoms with Gasteiger partial charge in [-0.3, -0.25) is 18.9 Å². The van der Waals surface area contributed by atoms with Crippen LogP contribution in [0.5, 0.6) is 0 Å². The number of thioether (sulfide) groups is 1. The minimum atomic E-state index is -0.265. The molecule has 0 saturated carbocycles. The molecule has 1 unspecified atom stereocenters. The molecule has 0 bridgehead atoms. The number of ether oxygens (including phenoxy) is 1. The average molecular weight is 552 g/mol. The van der Waals surface area contributed by atoms with Crippen LogP contribution in [0.25, 0.3) is 11.7 Å². The van der Waals surface area contributed by atoms with Gasteiger partial charge in [-0.2, -0.15) is 0 Å². The van der Waals surface area contributed by atoms with Crippen LogP contribution in [0.3, 0.4) is 0 Å². The first-order chi connectivity index (χ1) is 18.5. The van der Waals surface area contributed by atoms with Crippen molar-refractivity contribution >= 4 is 57.4 Å². The topological polar surface area (TPSA) is 70.4 Å². The molecule has 0 aliphatic carbocycles. The lowest BCUT2D eigenvalue weighted by atomic mass is 10.2. The van der Waals surface area contributed by atoms with E-state index in [1.165, 1.54) is 28.3 Å². The summed E-state index contributed by atoms with van der Waals surface area (Å²) < 4.78 is 21.0. The number of fused-ring (bicyclic) bond motifs is 1. The Hall–Kier alpha value is -3.28. The highest BCUT2D eigenvalue weighted by atomic mass is 32.2. The minimum Gasteiger partial charge on any atom is -0.376 e. The number of hydrogen-bond donors (Lipinski definition) is 0. The quantitative estimate of drug-likeness (QED) is 0.352. The number of hydrogen-bond acceptors (Lipinski definition) is 8. The van der Waals surface area contributed by atoms with Gasteiger partial charge in [-0.25, -0.2) is 9.37 Å². The second-order valence-corrected chi connectivity index (χ2v) is 11.1. The lowest BCUT2D eigenvalue weighted by Crippen LogP contribution is -2.47. The molecule has 5 heterocycles. The summed E-state index contributed by atoms with van der Waals surface area (Å²) in [6.45, 7) is 3.73. The van der Waals surface area contributed by atoms with Crippen LogP contribution in [-0.4, -0.2) is 69.9 Å². The molecule has 3 aromatic rings. The Kier molecular flexibility index (Phi) is 6.89. The number of thiocarbonyl (C=S) groups is 1. The van der Waals surface area contributed by atoms with Gasteiger partial charge in [0.15, 0.2) is 0 Å². The van der Waals surface area contributed by atoms with Gasteiger partial charge in [0.1, 0.15) is 21.6 Å². The Morgan fingerprint density at radius 3 is 2.58 bits per heavy atom. The number of nitrogens with zero attached hydrogens (tertiary/aromatic N) is 5. The zero-order valence-electron chi connectivity index (χ0n) is 20.6. The number of pyridine rings is 1. The number of amides is 1. The number of halogens is 1. The van der Waals surface area contributed by atoms with E-state index in [0.29, 0.717) is 65.6 Å². The standard InChI is InChI=1S/C27H26FN5O3S2/c28-18-6-8-19(9-7-18)30-11-13-31(14-12-30)24-21(25(34)32-10-2-1-5-23(32)29-24)16-22-26(35)33(27(37)38-22)17-20-4-3-15-36-20/h1-2,5-10,16,20H,3-4,11-15,17H2/b22-16-. The molecular weight excluding hydrogens is 525 g/mol. The monoisotopic (exact) mass is 551 g/mol. The largest absolute Gasteiger partial charge is 0.376 e. The van der Waals surface area contributed by atoms with Crippen LogP contribution >= 0.6 is 24.0 Å². The maximum absolute atomic E-state index is 13.7. The smallest absolute Gasteiger partial charge is 0.267 e. The zero-order valence-corrected chi connectivity index (χ0v) is 22.2. The van der Waals surface area contributed by atoms with Gasteiger partial charge >= 0.3 is 0 Å². The van der Waals surface area contributed by atoms with Crippen molar-refractivity contribution in [3.8, 4) is 0 Å². The molecule has 0 spiro atoms. The van der Waals surface area contributed by atoms with Crippen LogP contribution < -0.4 is 15.4 Å². The molecule has 6 rings (SSSR count). The van der Waals surface area contributed by atoms with Gasteiger partial charge in [-0.1, -0.05) is 30.0 Å². The Morgan fingerprint density at radius 1 is 1.08 bits per heavy atom. The Balaban J connectivity index is 1.32. The maximum atomic E-state index is 13.7. The van der Waals surface area contributed by atoms with E-state index in [4.69, 9.17) is 21.9 Å². The number of benzene rings is 1. The van der Waals surface area contributed by atoms with Crippen LogP contribution in [0.2, 0.25) is 0 Å². The lowest BCUT2D eigenvalue weighted by Gasteiger charge is -2.37. The second kappa shape index (κ2) is 10.5. The molecule has 8 nitrogen and oxygen atoms in total. The molecule has 0 N–H and O–H groups in total. The first-order valence-electron chi connectivity index (χ1n) is 12.6. The van der Waals surface area contributed by atoms with Crippen molar-refractivity contribution in [2.75, 3.05) is 49.1 Å². The summed E-state index contributed by atoms with van der Waals surface area (Å²) in [7, 11) is 0. The average Bonchev–Trinajstić information content (AvgIpc) is 3.55. The third-order valence-corrected chi connectivity index (χ3v) is 8.46. The highest BCUT2D eigenvalue weighted by Gasteiger charge is 2.35. The third-order valence-electron chi connectivity index (χ3n) is 7.08. The summed E-state index contributed by atoms with van der Waals surface area (Å²) >= 11 is 6.72. The van der Waals surface area contributed by atoms with Gasteiger partial charge in [0, 0.05) is 44.7 Å². The van der Waals surface area contributed by atoms with Gasteiger partial charge < -0.3 is 14.5 Å². The molecule has 3 aliphatic heterocycles. The molecule has 11 heteroatoms. The molecule has 0 radical (unpaired) electrons. The van der Waals surface area contributed by atoms with Crippen molar-refractivity contribution in [1.82, 2.24) is 14.3 Å². The summed E-state index contributed by atoms with van der Waals surface area (Å²) in [5.74, 6) is 0.0727. The van der Waals surface area contributed by atoms with Gasteiger partial charge in [-0.05, 0) is 55.3 Å². The van der Waals surface area contributed by atoms with Gasteiger partial charge in [0.05, 0.1) is 23.1 Å². The summed E-state index contributed by atoms with van der Waals surface area (Å²) in [5.41, 5.74) is 1.61. The van der Waals surface area contributed by atoms with Crippen molar-refractivity contribution in [2.45, 2.75) is 18.9 Å². The number of aromatic nitrogens is 2. The molecule has 38 heavy (non-hydrogen) atoms. The van der Waals surface area contributed by atoms with E-state index >= 15 is 0 Å². The van der Waals surface area contributed by atoms with E-state index in [9.17, 15) is 14.0 Å². The summed E-state index contributed by atoms with van der Waals surface area (Å²) in [4.78, 5) is 38.1. The Labute approximate surface area is 228 Å². The molecule has 1 aromatic carbocycles. The molecule has 2 aromatic heterocycles. The van der Waals surface area contributed by atoms with Crippen LogP contribution in [0.15, 0.2) is 58.4 Å². The fourth-order valence-electron chi connectivity index (χ4n) is 5.07. The number of rotatable bonds is 5. The second-order valence-electron chi connectivity index (χ2n) is 9.46. The van der Waals surface area contributed by atoms with Crippen LogP contribution in [0.1, 0.15) is 18.4 Å². The van der Waals surface area contributed by atoms with E-state index in [-0.39, 0.29) is 23.4 Å². The third kappa shape index (κ3) is 4.81. The van der Waals surface area contributed by atoms with E-state index in [2.05, 4.69) is 9.80 Å². The number of anilines is 2. The Bertz CT molecular complexity index is 1480.